The highest BCUT2D eigenvalue weighted by atomic mass is 16.5. The van der Waals surface area contributed by atoms with Crippen LogP contribution in [0, 0.1) is 0 Å². The fraction of sp³-hybridized carbons (Fsp3) is 0.368. The Kier molecular flexibility index (Phi) is 6.29. The summed E-state index contributed by atoms with van der Waals surface area (Å²) >= 11 is 0. The second kappa shape index (κ2) is 8.48. The topological polar surface area (TPSA) is 21.3 Å². The van der Waals surface area contributed by atoms with Gasteiger partial charge in [0.25, 0.3) is 0 Å². The monoisotopic (exact) mass is 283 g/mol. The number of hydrogen-bond acceptors (Lipinski definition) is 2. The minimum Gasteiger partial charge on any atom is -0.484 e. The van der Waals surface area contributed by atoms with Crippen molar-refractivity contribution < 1.29 is 4.74 Å². The van der Waals surface area contributed by atoms with Crippen LogP contribution in [0.5, 0.6) is 5.75 Å². The first kappa shape index (κ1) is 15.6. The van der Waals surface area contributed by atoms with E-state index in [-0.39, 0.29) is 6.10 Å². The first-order valence-corrected chi connectivity index (χ1v) is 7.84. The van der Waals surface area contributed by atoms with E-state index < -0.39 is 0 Å². The third kappa shape index (κ3) is 4.91. The molecule has 0 aliphatic heterocycles. The Morgan fingerprint density at radius 2 is 1.81 bits per heavy atom. The normalized spacial score (nSPS) is 12.1. The van der Waals surface area contributed by atoms with Gasteiger partial charge in [0.1, 0.15) is 11.9 Å². The van der Waals surface area contributed by atoms with Crippen LogP contribution >= 0.6 is 0 Å². The summed E-state index contributed by atoms with van der Waals surface area (Å²) in [5.74, 6) is 0.946. The van der Waals surface area contributed by atoms with Crippen molar-refractivity contribution in [2.24, 2.45) is 0 Å². The maximum atomic E-state index is 6.23. The van der Waals surface area contributed by atoms with E-state index in [0.717, 1.165) is 31.7 Å². The Hall–Kier alpha value is -1.80. The number of aryl methyl sites for hydroxylation is 1. The molecule has 2 heteroatoms. The molecule has 0 radical (unpaired) electrons. The van der Waals surface area contributed by atoms with Gasteiger partial charge in [-0.15, -0.1) is 0 Å². The quantitative estimate of drug-likeness (QED) is 0.726. The number of nitrogens with one attached hydrogen (secondary N) is 1. The molecule has 0 heterocycles. The molecular formula is C19H25NO. The van der Waals surface area contributed by atoms with Crippen molar-refractivity contribution in [1.29, 1.82) is 0 Å². The van der Waals surface area contributed by atoms with Gasteiger partial charge in [0.15, 0.2) is 0 Å². The Bertz CT molecular complexity index is 524. The van der Waals surface area contributed by atoms with E-state index in [0.29, 0.717) is 0 Å². The summed E-state index contributed by atoms with van der Waals surface area (Å²) in [4.78, 5) is 0. The van der Waals surface area contributed by atoms with Crippen LogP contribution in [0.4, 0.5) is 0 Å². The second-order valence-electron chi connectivity index (χ2n) is 5.22. The molecule has 2 aromatic rings. The van der Waals surface area contributed by atoms with Crippen LogP contribution in [0.3, 0.4) is 0 Å². The summed E-state index contributed by atoms with van der Waals surface area (Å²) in [6.45, 7) is 6.18. The standard InChI is InChI=1S/C19H25NO/c1-3-13-20-15-19(17-10-6-5-7-11-17)21-18-12-8-9-16(4-2)14-18/h5-12,14,19-20H,3-4,13,15H2,1-2H3. The highest BCUT2D eigenvalue weighted by molar-refractivity contribution is 5.30. The molecule has 1 atom stereocenters. The predicted molar refractivity (Wildman–Crippen MR) is 88.8 cm³/mol. The minimum absolute atomic E-state index is 0.0462. The average Bonchev–Trinajstić information content (AvgIpc) is 2.55. The molecule has 0 saturated heterocycles. The van der Waals surface area contributed by atoms with E-state index in [1.54, 1.807) is 0 Å². The lowest BCUT2D eigenvalue weighted by molar-refractivity contribution is 0.201. The van der Waals surface area contributed by atoms with Crippen molar-refractivity contribution in [3.05, 3.63) is 65.7 Å². The predicted octanol–water partition coefficient (Wildman–Crippen LogP) is 4.37. The zero-order valence-corrected chi connectivity index (χ0v) is 13.0. The van der Waals surface area contributed by atoms with E-state index in [9.17, 15) is 0 Å². The zero-order valence-electron chi connectivity index (χ0n) is 13.0. The van der Waals surface area contributed by atoms with Crippen molar-refractivity contribution in [3.63, 3.8) is 0 Å². The third-order valence-electron chi connectivity index (χ3n) is 3.51. The minimum atomic E-state index is 0.0462. The molecular weight excluding hydrogens is 258 g/mol. The molecule has 0 aliphatic carbocycles. The van der Waals surface area contributed by atoms with Crippen LogP contribution in [0.15, 0.2) is 54.6 Å². The zero-order chi connectivity index (χ0) is 14.9. The second-order valence-corrected chi connectivity index (χ2v) is 5.22. The van der Waals surface area contributed by atoms with Gasteiger partial charge >= 0.3 is 0 Å². The molecule has 2 nitrogen and oxygen atoms in total. The highest BCUT2D eigenvalue weighted by Crippen LogP contribution is 2.22. The lowest BCUT2D eigenvalue weighted by atomic mass is 10.1. The van der Waals surface area contributed by atoms with E-state index in [1.165, 1.54) is 11.1 Å². The van der Waals surface area contributed by atoms with Gasteiger partial charge in [-0.2, -0.15) is 0 Å². The SMILES string of the molecule is CCCNCC(Oc1cccc(CC)c1)c1ccccc1. The van der Waals surface area contributed by atoms with Crippen molar-refractivity contribution >= 4 is 0 Å². The molecule has 0 aromatic heterocycles. The molecule has 0 spiro atoms. The Balaban J connectivity index is 2.11. The smallest absolute Gasteiger partial charge is 0.136 e. The maximum Gasteiger partial charge on any atom is 0.136 e. The van der Waals surface area contributed by atoms with E-state index in [4.69, 9.17) is 4.74 Å². The molecule has 2 aromatic carbocycles. The fourth-order valence-electron chi connectivity index (χ4n) is 2.31. The van der Waals surface area contributed by atoms with Gasteiger partial charge in [0.05, 0.1) is 0 Å². The molecule has 0 saturated carbocycles. The van der Waals surface area contributed by atoms with Gasteiger partial charge in [0, 0.05) is 6.54 Å². The van der Waals surface area contributed by atoms with E-state index in [1.807, 2.05) is 12.1 Å². The third-order valence-corrected chi connectivity index (χ3v) is 3.51. The molecule has 112 valence electrons. The Morgan fingerprint density at radius 1 is 1.00 bits per heavy atom. The van der Waals surface area contributed by atoms with Crippen molar-refractivity contribution in [2.45, 2.75) is 32.8 Å². The van der Waals surface area contributed by atoms with Gasteiger partial charge in [0.2, 0.25) is 0 Å². The van der Waals surface area contributed by atoms with Crippen LogP contribution in [-0.2, 0) is 6.42 Å². The van der Waals surface area contributed by atoms with Gasteiger partial charge in [-0.25, -0.2) is 0 Å². The first-order valence-electron chi connectivity index (χ1n) is 7.84. The van der Waals surface area contributed by atoms with Gasteiger partial charge in [-0.05, 0) is 42.6 Å². The summed E-state index contributed by atoms with van der Waals surface area (Å²) in [6, 6.07) is 18.8. The lowest BCUT2D eigenvalue weighted by Crippen LogP contribution is -2.25. The summed E-state index contributed by atoms with van der Waals surface area (Å²) in [6.07, 6.45) is 2.21. The Labute approximate surface area is 128 Å². The molecule has 0 bridgehead atoms. The van der Waals surface area contributed by atoms with Gasteiger partial charge in [-0.1, -0.05) is 56.3 Å². The highest BCUT2D eigenvalue weighted by Gasteiger charge is 2.12. The average molecular weight is 283 g/mol. The van der Waals surface area contributed by atoms with Crippen LogP contribution in [0.1, 0.15) is 37.5 Å². The number of benzene rings is 2. The van der Waals surface area contributed by atoms with Gasteiger partial charge < -0.3 is 10.1 Å². The molecule has 1 unspecified atom stereocenters. The molecule has 0 fully saturated rings. The van der Waals surface area contributed by atoms with Crippen molar-refractivity contribution in [1.82, 2.24) is 5.32 Å². The molecule has 2 rings (SSSR count). The summed E-state index contributed by atoms with van der Waals surface area (Å²) in [7, 11) is 0. The van der Waals surface area contributed by atoms with Crippen LogP contribution in [0.25, 0.3) is 0 Å². The van der Waals surface area contributed by atoms with Crippen LogP contribution < -0.4 is 10.1 Å². The summed E-state index contributed by atoms with van der Waals surface area (Å²) < 4.78 is 6.23. The summed E-state index contributed by atoms with van der Waals surface area (Å²) in [5.41, 5.74) is 2.52. The fourth-order valence-corrected chi connectivity index (χ4v) is 2.31. The van der Waals surface area contributed by atoms with E-state index >= 15 is 0 Å². The lowest BCUT2D eigenvalue weighted by Gasteiger charge is -2.20. The van der Waals surface area contributed by atoms with E-state index in [2.05, 4.69) is 61.6 Å². The molecule has 1 N–H and O–H groups in total. The van der Waals surface area contributed by atoms with Crippen molar-refractivity contribution in [3.8, 4) is 5.75 Å². The van der Waals surface area contributed by atoms with Crippen molar-refractivity contribution in [2.75, 3.05) is 13.1 Å². The van der Waals surface area contributed by atoms with Crippen LogP contribution in [0.2, 0.25) is 0 Å². The Morgan fingerprint density at radius 3 is 2.52 bits per heavy atom. The van der Waals surface area contributed by atoms with Gasteiger partial charge in [-0.3, -0.25) is 0 Å². The summed E-state index contributed by atoms with van der Waals surface area (Å²) in [5, 5.41) is 3.46. The van der Waals surface area contributed by atoms with Crippen LogP contribution in [-0.4, -0.2) is 13.1 Å². The number of ether oxygens (including phenoxy) is 1. The molecule has 0 aliphatic rings. The largest absolute Gasteiger partial charge is 0.484 e. The molecule has 21 heavy (non-hydrogen) atoms. The maximum absolute atomic E-state index is 6.23. The molecule has 0 amide bonds. The first-order chi connectivity index (χ1) is 10.3. The number of rotatable bonds is 8. The number of hydrogen-bond donors (Lipinski definition) is 1.